The summed E-state index contributed by atoms with van der Waals surface area (Å²) in [6.45, 7) is 10.9. The van der Waals surface area contributed by atoms with E-state index in [1.54, 1.807) is 7.11 Å². The van der Waals surface area contributed by atoms with E-state index in [2.05, 4.69) is 39.1 Å². The zero-order valence-corrected chi connectivity index (χ0v) is 13.2. The van der Waals surface area contributed by atoms with Crippen molar-refractivity contribution >= 4 is 0 Å². The molecule has 0 spiro atoms. The molecule has 110 valence electrons. The highest BCUT2D eigenvalue weighted by molar-refractivity contribution is 5.45. The molecule has 0 fully saturated rings. The number of rotatable bonds is 7. The summed E-state index contributed by atoms with van der Waals surface area (Å²) >= 11 is 0. The molecule has 0 heterocycles. The number of benzene rings is 1. The first-order chi connectivity index (χ1) is 9.49. The van der Waals surface area contributed by atoms with Crippen molar-refractivity contribution in [3.8, 4) is 11.8 Å². The van der Waals surface area contributed by atoms with Crippen LogP contribution in [0.3, 0.4) is 0 Å². The molecule has 0 aliphatic heterocycles. The zero-order valence-electron chi connectivity index (χ0n) is 13.2. The van der Waals surface area contributed by atoms with Crippen LogP contribution in [0.5, 0.6) is 5.75 Å². The van der Waals surface area contributed by atoms with Crippen LogP contribution < -0.4 is 10.1 Å². The highest BCUT2D eigenvalue weighted by atomic mass is 16.5. The first-order valence-corrected chi connectivity index (χ1v) is 7.27. The Hall–Kier alpha value is -1.53. The third kappa shape index (κ3) is 4.54. The molecular weight excluding hydrogens is 248 g/mol. The molecule has 1 aromatic carbocycles. The maximum atomic E-state index is 8.97. The Morgan fingerprint density at radius 3 is 2.35 bits per heavy atom. The fourth-order valence-electron chi connectivity index (χ4n) is 2.56. The van der Waals surface area contributed by atoms with Gasteiger partial charge in [-0.25, -0.2) is 0 Å². The SMILES string of the molecule is COc1cc(CNCC(C(C)C)C(C)C)ccc1C#N. The summed E-state index contributed by atoms with van der Waals surface area (Å²) in [6, 6.07) is 7.87. The first kappa shape index (κ1) is 16.5. The Balaban J connectivity index is 2.60. The Morgan fingerprint density at radius 2 is 1.85 bits per heavy atom. The normalized spacial score (nSPS) is 11.2. The van der Waals surface area contributed by atoms with Crippen molar-refractivity contribution < 1.29 is 4.74 Å². The van der Waals surface area contributed by atoms with Crippen LogP contribution in [0.1, 0.15) is 38.8 Å². The van der Waals surface area contributed by atoms with Gasteiger partial charge in [0.05, 0.1) is 12.7 Å². The Labute approximate surface area is 123 Å². The summed E-state index contributed by atoms with van der Waals surface area (Å²) < 4.78 is 5.23. The number of hydrogen-bond donors (Lipinski definition) is 1. The fourth-order valence-corrected chi connectivity index (χ4v) is 2.56. The van der Waals surface area contributed by atoms with Crippen LogP contribution in [0.2, 0.25) is 0 Å². The van der Waals surface area contributed by atoms with E-state index in [4.69, 9.17) is 10.00 Å². The number of hydrogen-bond acceptors (Lipinski definition) is 3. The van der Waals surface area contributed by atoms with Crippen LogP contribution in [0, 0.1) is 29.1 Å². The molecule has 0 atom stereocenters. The molecule has 0 radical (unpaired) electrons. The third-order valence-corrected chi connectivity index (χ3v) is 3.81. The van der Waals surface area contributed by atoms with E-state index in [0.29, 0.717) is 29.1 Å². The van der Waals surface area contributed by atoms with Gasteiger partial charge in [0.15, 0.2) is 0 Å². The van der Waals surface area contributed by atoms with Crippen LogP contribution in [-0.2, 0) is 6.54 Å². The minimum absolute atomic E-state index is 0.582. The maximum absolute atomic E-state index is 8.97. The summed E-state index contributed by atoms with van der Waals surface area (Å²) in [6.07, 6.45) is 0. The molecule has 20 heavy (non-hydrogen) atoms. The lowest BCUT2D eigenvalue weighted by atomic mass is 9.85. The van der Waals surface area contributed by atoms with Gasteiger partial charge >= 0.3 is 0 Å². The van der Waals surface area contributed by atoms with Gasteiger partial charge in [-0.2, -0.15) is 5.26 Å². The number of nitrogens with zero attached hydrogens (tertiary/aromatic N) is 1. The van der Waals surface area contributed by atoms with E-state index < -0.39 is 0 Å². The maximum Gasteiger partial charge on any atom is 0.136 e. The number of nitrogens with one attached hydrogen (secondary N) is 1. The van der Waals surface area contributed by atoms with Gasteiger partial charge in [0.2, 0.25) is 0 Å². The number of methoxy groups -OCH3 is 1. The van der Waals surface area contributed by atoms with Crippen molar-refractivity contribution in [2.75, 3.05) is 13.7 Å². The highest BCUT2D eigenvalue weighted by Crippen LogP contribution is 2.21. The minimum Gasteiger partial charge on any atom is -0.495 e. The van der Waals surface area contributed by atoms with Crippen molar-refractivity contribution in [2.45, 2.75) is 34.2 Å². The lowest BCUT2D eigenvalue weighted by molar-refractivity contribution is 0.275. The molecule has 0 aliphatic carbocycles. The second kappa shape index (κ2) is 7.91. The average Bonchev–Trinajstić information content (AvgIpc) is 2.42. The van der Waals surface area contributed by atoms with Crippen LogP contribution in [0.25, 0.3) is 0 Å². The largest absolute Gasteiger partial charge is 0.495 e. The summed E-state index contributed by atoms with van der Waals surface area (Å²) in [5.41, 5.74) is 1.73. The van der Waals surface area contributed by atoms with Crippen molar-refractivity contribution in [3.05, 3.63) is 29.3 Å². The third-order valence-electron chi connectivity index (χ3n) is 3.81. The van der Waals surface area contributed by atoms with Crippen LogP contribution in [-0.4, -0.2) is 13.7 Å². The molecule has 0 saturated carbocycles. The van der Waals surface area contributed by atoms with Gasteiger partial charge in [-0.3, -0.25) is 0 Å². The molecular formula is C17H26N2O. The van der Waals surface area contributed by atoms with Gasteiger partial charge in [-0.1, -0.05) is 33.8 Å². The monoisotopic (exact) mass is 274 g/mol. The molecule has 1 aromatic rings. The van der Waals surface area contributed by atoms with Gasteiger partial charge in [0.25, 0.3) is 0 Å². The summed E-state index contributed by atoms with van der Waals surface area (Å²) in [5.74, 6) is 2.68. The van der Waals surface area contributed by atoms with E-state index in [1.165, 1.54) is 0 Å². The van der Waals surface area contributed by atoms with Crippen molar-refractivity contribution in [2.24, 2.45) is 17.8 Å². The fraction of sp³-hybridized carbons (Fsp3) is 0.588. The van der Waals surface area contributed by atoms with E-state index >= 15 is 0 Å². The van der Waals surface area contributed by atoms with Crippen molar-refractivity contribution in [1.82, 2.24) is 5.32 Å². The molecule has 3 nitrogen and oxygen atoms in total. The van der Waals surface area contributed by atoms with Crippen molar-refractivity contribution in [1.29, 1.82) is 5.26 Å². The van der Waals surface area contributed by atoms with Gasteiger partial charge in [-0.05, 0) is 42.0 Å². The molecule has 1 N–H and O–H groups in total. The lowest BCUT2D eigenvalue weighted by Gasteiger charge is -2.25. The second-order valence-electron chi connectivity index (χ2n) is 5.93. The number of nitriles is 1. The predicted octanol–water partition coefficient (Wildman–Crippen LogP) is 3.58. The zero-order chi connectivity index (χ0) is 15.1. The van der Waals surface area contributed by atoms with Crippen LogP contribution in [0.15, 0.2) is 18.2 Å². The van der Waals surface area contributed by atoms with E-state index in [9.17, 15) is 0 Å². The highest BCUT2D eigenvalue weighted by Gasteiger charge is 2.16. The molecule has 0 saturated heterocycles. The van der Waals surface area contributed by atoms with Crippen molar-refractivity contribution in [3.63, 3.8) is 0 Å². The molecule has 0 unspecified atom stereocenters. The smallest absolute Gasteiger partial charge is 0.136 e. The van der Waals surface area contributed by atoms with Gasteiger partial charge in [-0.15, -0.1) is 0 Å². The number of ether oxygens (including phenoxy) is 1. The predicted molar refractivity (Wildman–Crippen MR) is 82.6 cm³/mol. The van der Waals surface area contributed by atoms with Gasteiger partial charge < -0.3 is 10.1 Å². The van der Waals surface area contributed by atoms with E-state index in [1.807, 2.05) is 18.2 Å². The van der Waals surface area contributed by atoms with Crippen LogP contribution >= 0.6 is 0 Å². The van der Waals surface area contributed by atoms with Gasteiger partial charge in [0.1, 0.15) is 11.8 Å². The van der Waals surface area contributed by atoms with E-state index in [-0.39, 0.29) is 0 Å². The quantitative estimate of drug-likeness (QED) is 0.826. The van der Waals surface area contributed by atoms with Gasteiger partial charge in [0, 0.05) is 6.54 Å². The standard InChI is InChI=1S/C17H26N2O/c1-12(2)16(13(3)4)11-19-10-14-6-7-15(9-18)17(8-14)20-5/h6-8,12-13,16,19H,10-11H2,1-5H3. The summed E-state index contributed by atoms with van der Waals surface area (Å²) in [7, 11) is 1.60. The first-order valence-electron chi connectivity index (χ1n) is 7.27. The van der Waals surface area contributed by atoms with Crippen LogP contribution in [0.4, 0.5) is 0 Å². The summed E-state index contributed by atoms with van der Waals surface area (Å²) in [4.78, 5) is 0. The molecule has 0 aliphatic rings. The Bertz CT molecular complexity index is 453. The second-order valence-corrected chi connectivity index (χ2v) is 5.93. The Morgan fingerprint density at radius 1 is 1.20 bits per heavy atom. The average molecular weight is 274 g/mol. The lowest BCUT2D eigenvalue weighted by Crippen LogP contribution is -2.29. The minimum atomic E-state index is 0.582. The van der Waals surface area contributed by atoms with E-state index in [0.717, 1.165) is 18.7 Å². The molecule has 3 heteroatoms. The summed E-state index contributed by atoms with van der Waals surface area (Å²) in [5, 5.41) is 12.5. The molecule has 1 rings (SSSR count). The molecule has 0 aromatic heterocycles. The topological polar surface area (TPSA) is 45.0 Å². The molecule has 0 amide bonds. The Kier molecular flexibility index (Phi) is 6.54. The molecule has 0 bridgehead atoms.